The second-order valence-electron chi connectivity index (χ2n) is 5.95. The number of rotatable bonds is 4. The fourth-order valence-electron chi connectivity index (χ4n) is 3.03. The molecule has 1 aromatic heterocycles. The van der Waals surface area contributed by atoms with E-state index < -0.39 is 23.4 Å². The molecule has 0 aliphatic rings. The predicted octanol–water partition coefficient (Wildman–Crippen LogP) is 5.18. The second kappa shape index (κ2) is 6.83. The maximum atomic E-state index is 13.8. The zero-order valence-electron chi connectivity index (χ0n) is 14.5. The van der Waals surface area contributed by atoms with Gasteiger partial charge in [0.05, 0.1) is 12.7 Å². The van der Waals surface area contributed by atoms with E-state index in [1.54, 1.807) is 31.2 Å². The number of methoxy groups -OCH3 is 1. The van der Waals surface area contributed by atoms with Crippen molar-refractivity contribution in [2.45, 2.75) is 13.1 Å². The van der Waals surface area contributed by atoms with Gasteiger partial charge in [0.2, 0.25) is 0 Å². The highest BCUT2D eigenvalue weighted by molar-refractivity contribution is 5.98. The first kappa shape index (κ1) is 18.6. The molecular weight excluding hydrogens is 359 g/mol. The topological polar surface area (TPSA) is 51.5 Å². The minimum absolute atomic E-state index is 0.0174. The van der Waals surface area contributed by atoms with Gasteiger partial charge in [0.1, 0.15) is 11.4 Å². The minimum Gasteiger partial charge on any atom is -0.497 e. The van der Waals surface area contributed by atoms with Gasteiger partial charge in [-0.1, -0.05) is 24.3 Å². The van der Waals surface area contributed by atoms with E-state index >= 15 is 0 Å². The summed E-state index contributed by atoms with van der Waals surface area (Å²) >= 11 is 0. The average Bonchev–Trinajstić information content (AvgIpc) is 3.03. The van der Waals surface area contributed by atoms with Gasteiger partial charge in [0.25, 0.3) is 0 Å². The van der Waals surface area contributed by atoms with Crippen molar-refractivity contribution in [1.29, 1.82) is 0 Å². The van der Waals surface area contributed by atoms with Crippen LogP contribution in [0.2, 0.25) is 0 Å². The number of aromatic carboxylic acids is 1. The van der Waals surface area contributed by atoms with Crippen molar-refractivity contribution in [2.24, 2.45) is 0 Å². The zero-order chi connectivity index (χ0) is 19.8. The highest BCUT2D eigenvalue weighted by Crippen LogP contribution is 2.41. The molecule has 0 saturated heterocycles. The molecule has 1 heterocycles. The monoisotopic (exact) mass is 375 g/mol. The standard InChI is InChI=1S/C20H16F3NO3/c1-12-5-3-4-6-15(12)16-11-24(13-7-9-14(27-2)10-8-13)18(20(21,22)23)17(16)19(25)26/h3-11H,1-2H3,(H,25,26). The molecule has 0 fully saturated rings. The maximum absolute atomic E-state index is 13.8. The van der Waals surface area contributed by atoms with Crippen LogP contribution in [0.4, 0.5) is 13.2 Å². The quantitative estimate of drug-likeness (QED) is 0.684. The van der Waals surface area contributed by atoms with Gasteiger partial charge in [0, 0.05) is 17.4 Å². The number of carbonyl (C=O) groups is 1. The number of aryl methyl sites for hydroxylation is 1. The molecule has 0 atom stereocenters. The van der Waals surface area contributed by atoms with Gasteiger partial charge < -0.3 is 14.4 Å². The van der Waals surface area contributed by atoms with Gasteiger partial charge in [-0.05, 0) is 42.3 Å². The number of ether oxygens (including phenoxy) is 1. The van der Waals surface area contributed by atoms with Crippen LogP contribution in [0.5, 0.6) is 5.75 Å². The van der Waals surface area contributed by atoms with Crippen molar-refractivity contribution in [1.82, 2.24) is 4.57 Å². The van der Waals surface area contributed by atoms with E-state index in [2.05, 4.69) is 0 Å². The van der Waals surface area contributed by atoms with Crippen molar-refractivity contribution in [3.63, 3.8) is 0 Å². The smallest absolute Gasteiger partial charge is 0.432 e. The normalized spacial score (nSPS) is 11.4. The Morgan fingerprint density at radius 1 is 1.04 bits per heavy atom. The highest BCUT2D eigenvalue weighted by Gasteiger charge is 2.41. The summed E-state index contributed by atoms with van der Waals surface area (Å²) in [5.41, 5.74) is -0.673. The third-order valence-electron chi connectivity index (χ3n) is 4.27. The first-order chi connectivity index (χ1) is 12.7. The van der Waals surface area contributed by atoms with E-state index in [4.69, 9.17) is 4.74 Å². The molecule has 0 bridgehead atoms. The lowest BCUT2D eigenvalue weighted by molar-refractivity contribution is -0.142. The summed E-state index contributed by atoms with van der Waals surface area (Å²) in [6.07, 6.45) is -3.63. The van der Waals surface area contributed by atoms with E-state index in [1.165, 1.54) is 37.6 Å². The fraction of sp³-hybridized carbons (Fsp3) is 0.150. The van der Waals surface area contributed by atoms with Crippen LogP contribution in [0.15, 0.2) is 54.7 Å². The minimum atomic E-state index is -4.85. The molecule has 0 aliphatic carbocycles. The Bertz CT molecular complexity index is 989. The Labute approximate surface area is 153 Å². The SMILES string of the molecule is COc1ccc(-n2cc(-c3ccccc3C)c(C(=O)O)c2C(F)(F)F)cc1. The van der Waals surface area contributed by atoms with Crippen LogP contribution in [0.25, 0.3) is 16.8 Å². The third kappa shape index (κ3) is 3.40. The highest BCUT2D eigenvalue weighted by atomic mass is 19.4. The van der Waals surface area contributed by atoms with Crippen molar-refractivity contribution in [3.8, 4) is 22.6 Å². The Morgan fingerprint density at radius 2 is 1.67 bits per heavy atom. The van der Waals surface area contributed by atoms with Crippen LogP contribution in [0, 0.1) is 6.92 Å². The van der Waals surface area contributed by atoms with Crippen LogP contribution >= 0.6 is 0 Å². The first-order valence-electron chi connectivity index (χ1n) is 8.00. The van der Waals surface area contributed by atoms with Crippen LogP contribution in [0.1, 0.15) is 21.6 Å². The number of aromatic nitrogens is 1. The van der Waals surface area contributed by atoms with Gasteiger partial charge in [-0.2, -0.15) is 13.2 Å². The third-order valence-corrected chi connectivity index (χ3v) is 4.27. The molecule has 0 saturated carbocycles. The summed E-state index contributed by atoms with van der Waals surface area (Å²) in [5, 5.41) is 9.57. The molecule has 0 unspecified atom stereocenters. The number of carboxylic acids is 1. The van der Waals surface area contributed by atoms with Crippen LogP contribution in [0.3, 0.4) is 0 Å². The molecule has 27 heavy (non-hydrogen) atoms. The molecule has 0 amide bonds. The summed E-state index contributed by atoms with van der Waals surface area (Å²) in [5.74, 6) is -1.15. The summed E-state index contributed by atoms with van der Waals surface area (Å²) in [7, 11) is 1.45. The average molecular weight is 375 g/mol. The van der Waals surface area contributed by atoms with E-state index in [9.17, 15) is 23.1 Å². The summed E-state index contributed by atoms with van der Waals surface area (Å²) in [4.78, 5) is 11.8. The lowest BCUT2D eigenvalue weighted by atomic mass is 9.98. The number of halogens is 3. The van der Waals surface area contributed by atoms with Crippen LogP contribution < -0.4 is 4.74 Å². The second-order valence-corrected chi connectivity index (χ2v) is 5.95. The lowest BCUT2D eigenvalue weighted by Gasteiger charge is -2.13. The fourth-order valence-corrected chi connectivity index (χ4v) is 3.03. The van der Waals surface area contributed by atoms with Gasteiger partial charge in [-0.25, -0.2) is 4.79 Å². The number of alkyl halides is 3. The molecule has 3 aromatic rings. The molecule has 3 rings (SSSR count). The van der Waals surface area contributed by atoms with E-state index in [0.717, 1.165) is 4.57 Å². The Balaban J connectivity index is 2.35. The number of hydrogen-bond donors (Lipinski definition) is 1. The van der Waals surface area contributed by atoms with Gasteiger partial charge in [0.15, 0.2) is 0 Å². The van der Waals surface area contributed by atoms with Gasteiger partial charge >= 0.3 is 12.1 Å². The molecule has 4 nitrogen and oxygen atoms in total. The van der Waals surface area contributed by atoms with E-state index in [-0.39, 0.29) is 11.3 Å². The molecule has 0 radical (unpaired) electrons. The maximum Gasteiger partial charge on any atom is 0.432 e. The van der Waals surface area contributed by atoms with Crippen LogP contribution in [-0.2, 0) is 6.18 Å². The number of hydrogen-bond acceptors (Lipinski definition) is 2. The van der Waals surface area contributed by atoms with Crippen molar-refractivity contribution < 1.29 is 27.8 Å². The molecule has 2 aromatic carbocycles. The van der Waals surface area contributed by atoms with E-state index in [1.807, 2.05) is 0 Å². The van der Waals surface area contributed by atoms with E-state index in [0.29, 0.717) is 16.9 Å². The Morgan fingerprint density at radius 3 is 2.19 bits per heavy atom. The summed E-state index contributed by atoms with van der Waals surface area (Å²) in [6, 6.07) is 12.7. The molecule has 140 valence electrons. The summed E-state index contributed by atoms with van der Waals surface area (Å²) in [6.45, 7) is 1.72. The van der Waals surface area contributed by atoms with Crippen LogP contribution in [-0.4, -0.2) is 22.8 Å². The van der Waals surface area contributed by atoms with Crippen molar-refractivity contribution in [2.75, 3.05) is 7.11 Å². The molecule has 7 heteroatoms. The molecular formula is C20H16F3NO3. The zero-order valence-corrected chi connectivity index (χ0v) is 14.5. The molecule has 1 N–H and O–H groups in total. The molecule has 0 spiro atoms. The largest absolute Gasteiger partial charge is 0.497 e. The van der Waals surface area contributed by atoms with Gasteiger partial charge in [-0.15, -0.1) is 0 Å². The first-order valence-corrected chi connectivity index (χ1v) is 8.00. The Kier molecular flexibility index (Phi) is 4.70. The number of benzene rings is 2. The van der Waals surface area contributed by atoms with Gasteiger partial charge in [-0.3, -0.25) is 0 Å². The van der Waals surface area contributed by atoms with Crippen molar-refractivity contribution in [3.05, 3.63) is 71.5 Å². The molecule has 0 aliphatic heterocycles. The Hall–Kier alpha value is -3.22. The predicted molar refractivity (Wildman–Crippen MR) is 94.5 cm³/mol. The lowest BCUT2D eigenvalue weighted by Crippen LogP contribution is -2.16. The van der Waals surface area contributed by atoms with Crippen molar-refractivity contribution >= 4 is 5.97 Å². The number of nitrogens with zero attached hydrogens (tertiary/aromatic N) is 1. The summed E-state index contributed by atoms with van der Waals surface area (Å²) < 4.78 is 47.4. The number of carboxylic acid groups (broad SMARTS) is 1.